The summed E-state index contributed by atoms with van der Waals surface area (Å²) in [7, 11) is 1.69. The first kappa shape index (κ1) is 15.2. The number of hydrogen-bond donors (Lipinski definition) is 2. The van der Waals surface area contributed by atoms with Gasteiger partial charge in [-0.25, -0.2) is 0 Å². The molecular formula is C17H27N5. The van der Waals surface area contributed by atoms with Gasteiger partial charge in [-0.2, -0.15) is 0 Å². The number of aliphatic imine (C=N–C) groups is 1. The summed E-state index contributed by atoms with van der Waals surface area (Å²) in [5.41, 5.74) is 8.20. The van der Waals surface area contributed by atoms with Gasteiger partial charge < -0.3 is 16.0 Å². The Kier molecular flexibility index (Phi) is 4.83. The molecule has 1 saturated heterocycles. The Balaban J connectivity index is 1.48. The zero-order valence-corrected chi connectivity index (χ0v) is 13.5. The monoisotopic (exact) mass is 301 g/mol. The fourth-order valence-electron chi connectivity index (χ4n) is 2.95. The zero-order valence-electron chi connectivity index (χ0n) is 13.5. The number of piperazine rings is 1. The molecule has 1 aliphatic heterocycles. The molecule has 2 fully saturated rings. The van der Waals surface area contributed by atoms with E-state index in [1.54, 1.807) is 7.05 Å². The third kappa shape index (κ3) is 4.13. The molecule has 3 rings (SSSR count). The van der Waals surface area contributed by atoms with Crippen molar-refractivity contribution in [3.63, 3.8) is 0 Å². The minimum Gasteiger partial charge on any atom is -0.370 e. The van der Waals surface area contributed by atoms with Gasteiger partial charge in [0.25, 0.3) is 0 Å². The van der Waals surface area contributed by atoms with E-state index in [9.17, 15) is 0 Å². The number of nitrogens with two attached hydrogens (primary N) is 1. The standard InChI is InChI=1S/C17H27N5/c1-19-17(18)20-12-14-4-6-16(7-5-14)22-10-8-21(9-11-22)13-15-2-3-15/h4-7,15H,2-3,8-13H2,1H3,(H3,18,19,20). The third-order valence-electron chi connectivity index (χ3n) is 4.60. The second-order valence-corrected chi connectivity index (χ2v) is 6.36. The van der Waals surface area contributed by atoms with Crippen LogP contribution in [-0.2, 0) is 6.54 Å². The van der Waals surface area contributed by atoms with Crippen molar-refractivity contribution in [2.75, 3.05) is 44.7 Å². The lowest BCUT2D eigenvalue weighted by Gasteiger charge is -2.36. The van der Waals surface area contributed by atoms with Crippen molar-refractivity contribution < 1.29 is 0 Å². The fraction of sp³-hybridized carbons (Fsp3) is 0.588. The maximum atomic E-state index is 5.65. The minimum absolute atomic E-state index is 0.482. The Morgan fingerprint density at radius 3 is 2.45 bits per heavy atom. The number of nitrogens with zero attached hydrogens (tertiary/aromatic N) is 3. The molecule has 120 valence electrons. The van der Waals surface area contributed by atoms with Gasteiger partial charge in [-0.3, -0.25) is 9.89 Å². The van der Waals surface area contributed by atoms with Crippen molar-refractivity contribution in [3.8, 4) is 0 Å². The summed E-state index contributed by atoms with van der Waals surface area (Å²) in [4.78, 5) is 9.01. The smallest absolute Gasteiger partial charge is 0.188 e. The lowest BCUT2D eigenvalue weighted by atomic mass is 10.1. The number of hydrogen-bond acceptors (Lipinski definition) is 3. The van der Waals surface area contributed by atoms with Crippen molar-refractivity contribution in [2.45, 2.75) is 19.4 Å². The van der Waals surface area contributed by atoms with E-state index in [2.05, 4.69) is 44.4 Å². The molecule has 1 aromatic carbocycles. The normalized spacial score (nSPS) is 20.2. The van der Waals surface area contributed by atoms with Crippen LogP contribution in [0.25, 0.3) is 0 Å². The molecule has 1 aliphatic carbocycles. The predicted octanol–water partition coefficient (Wildman–Crippen LogP) is 1.25. The molecule has 0 spiro atoms. The van der Waals surface area contributed by atoms with Crippen LogP contribution >= 0.6 is 0 Å². The van der Waals surface area contributed by atoms with Crippen molar-refractivity contribution in [1.29, 1.82) is 0 Å². The van der Waals surface area contributed by atoms with Crippen molar-refractivity contribution in [2.24, 2.45) is 16.6 Å². The highest BCUT2D eigenvalue weighted by Crippen LogP contribution is 2.30. The van der Waals surface area contributed by atoms with Crippen molar-refractivity contribution >= 4 is 11.6 Å². The first-order valence-corrected chi connectivity index (χ1v) is 8.27. The van der Waals surface area contributed by atoms with E-state index < -0.39 is 0 Å². The molecule has 3 N–H and O–H groups in total. The fourth-order valence-corrected chi connectivity index (χ4v) is 2.95. The first-order valence-electron chi connectivity index (χ1n) is 8.27. The Hall–Kier alpha value is -1.75. The largest absolute Gasteiger partial charge is 0.370 e. The summed E-state index contributed by atoms with van der Waals surface area (Å²) in [5, 5.41) is 3.08. The van der Waals surface area contributed by atoms with Crippen LogP contribution in [0.15, 0.2) is 29.3 Å². The highest BCUT2D eigenvalue weighted by Gasteiger charge is 2.26. The van der Waals surface area contributed by atoms with Gasteiger partial charge in [-0.05, 0) is 36.5 Å². The van der Waals surface area contributed by atoms with E-state index in [0.29, 0.717) is 5.96 Å². The van der Waals surface area contributed by atoms with Crippen LogP contribution in [0.2, 0.25) is 0 Å². The van der Waals surface area contributed by atoms with Crippen LogP contribution in [0.3, 0.4) is 0 Å². The van der Waals surface area contributed by atoms with E-state index in [1.165, 1.54) is 43.7 Å². The molecule has 0 unspecified atom stereocenters. The zero-order chi connectivity index (χ0) is 15.4. The van der Waals surface area contributed by atoms with Gasteiger partial charge in [0.2, 0.25) is 0 Å². The average molecular weight is 301 g/mol. The number of nitrogens with one attached hydrogen (secondary N) is 1. The third-order valence-corrected chi connectivity index (χ3v) is 4.60. The molecule has 0 aromatic heterocycles. The minimum atomic E-state index is 0.482. The summed E-state index contributed by atoms with van der Waals surface area (Å²) in [5.74, 6) is 1.48. The molecule has 0 radical (unpaired) electrons. The van der Waals surface area contributed by atoms with Crippen LogP contribution in [0.5, 0.6) is 0 Å². The molecule has 0 atom stereocenters. The predicted molar refractivity (Wildman–Crippen MR) is 92.2 cm³/mol. The van der Waals surface area contributed by atoms with E-state index >= 15 is 0 Å². The molecule has 0 bridgehead atoms. The number of anilines is 1. The van der Waals surface area contributed by atoms with Gasteiger partial charge >= 0.3 is 0 Å². The van der Waals surface area contributed by atoms with Gasteiger partial charge in [0.05, 0.1) is 0 Å². The molecule has 22 heavy (non-hydrogen) atoms. The maximum absolute atomic E-state index is 5.65. The van der Waals surface area contributed by atoms with E-state index in [0.717, 1.165) is 25.6 Å². The average Bonchev–Trinajstić information content (AvgIpc) is 3.38. The summed E-state index contributed by atoms with van der Waals surface area (Å²) in [6, 6.07) is 8.77. The molecule has 1 saturated carbocycles. The quantitative estimate of drug-likeness (QED) is 0.635. The molecule has 0 amide bonds. The number of benzene rings is 1. The molecule has 2 aliphatic rings. The summed E-state index contributed by atoms with van der Waals surface area (Å²) < 4.78 is 0. The van der Waals surface area contributed by atoms with E-state index in [4.69, 9.17) is 5.73 Å². The van der Waals surface area contributed by atoms with Crippen molar-refractivity contribution in [3.05, 3.63) is 29.8 Å². The summed E-state index contributed by atoms with van der Waals surface area (Å²) in [6.07, 6.45) is 2.89. The van der Waals surface area contributed by atoms with Gasteiger partial charge in [0, 0.05) is 52.0 Å². The SMILES string of the molecule is CN=C(N)NCc1ccc(N2CCN(CC3CC3)CC2)cc1. The Morgan fingerprint density at radius 1 is 1.18 bits per heavy atom. The lowest BCUT2D eigenvalue weighted by molar-refractivity contribution is 0.248. The summed E-state index contributed by atoms with van der Waals surface area (Å²) in [6.45, 7) is 6.71. The van der Waals surface area contributed by atoms with Crippen LogP contribution in [0.4, 0.5) is 5.69 Å². The first-order chi connectivity index (χ1) is 10.7. The molecule has 1 aromatic rings. The van der Waals surface area contributed by atoms with Gasteiger partial charge in [-0.15, -0.1) is 0 Å². The number of guanidine groups is 1. The Bertz CT molecular complexity index is 498. The van der Waals surface area contributed by atoms with Gasteiger partial charge in [0.15, 0.2) is 5.96 Å². The van der Waals surface area contributed by atoms with E-state index in [-0.39, 0.29) is 0 Å². The molecular weight excluding hydrogens is 274 g/mol. The maximum Gasteiger partial charge on any atom is 0.188 e. The van der Waals surface area contributed by atoms with Gasteiger partial charge in [0.1, 0.15) is 0 Å². The van der Waals surface area contributed by atoms with Crippen LogP contribution in [-0.4, -0.2) is 50.6 Å². The highest BCUT2D eigenvalue weighted by molar-refractivity contribution is 5.77. The summed E-state index contributed by atoms with van der Waals surface area (Å²) >= 11 is 0. The van der Waals surface area contributed by atoms with Crippen molar-refractivity contribution in [1.82, 2.24) is 10.2 Å². The molecule has 1 heterocycles. The Morgan fingerprint density at radius 2 is 1.86 bits per heavy atom. The van der Waals surface area contributed by atoms with Crippen LogP contribution in [0, 0.1) is 5.92 Å². The second-order valence-electron chi connectivity index (χ2n) is 6.36. The van der Waals surface area contributed by atoms with Crippen LogP contribution < -0.4 is 16.0 Å². The van der Waals surface area contributed by atoms with Crippen LogP contribution in [0.1, 0.15) is 18.4 Å². The molecule has 5 heteroatoms. The topological polar surface area (TPSA) is 56.9 Å². The van der Waals surface area contributed by atoms with E-state index in [1.807, 2.05) is 0 Å². The second kappa shape index (κ2) is 7.01. The Labute approximate surface area is 133 Å². The highest BCUT2D eigenvalue weighted by atomic mass is 15.3. The lowest BCUT2D eigenvalue weighted by Crippen LogP contribution is -2.47. The molecule has 5 nitrogen and oxygen atoms in total. The number of rotatable bonds is 5. The van der Waals surface area contributed by atoms with Gasteiger partial charge in [-0.1, -0.05) is 12.1 Å².